The van der Waals surface area contributed by atoms with Crippen molar-refractivity contribution in [1.82, 2.24) is 5.20 Å². The van der Waals surface area contributed by atoms with Crippen molar-refractivity contribution in [1.29, 1.82) is 0 Å². The molecule has 0 spiro atoms. The Balaban J connectivity index is 1.62. The molecule has 3 aromatic carbocycles. The van der Waals surface area contributed by atoms with Crippen LogP contribution in [-0.4, -0.2) is 6.21 Å². The van der Waals surface area contributed by atoms with E-state index in [-0.39, 0.29) is 0 Å². The molecule has 31 heavy (non-hydrogen) atoms. The van der Waals surface area contributed by atoms with Crippen LogP contribution in [0.25, 0.3) is 11.5 Å². The van der Waals surface area contributed by atoms with E-state index in [1.807, 2.05) is 72.8 Å². The second kappa shape index (κ2) is 9.20. The lowest BCUT2D eigenvalue weighted by molar-refractivity contribution is 0.468. The van der Waals surface area contributed by atoms with Crippen LogP contribution in [0, 0.1) is 0 Å². The number of hydrogen-bond donors (Lipinski definition) is 1. The molecule has 0 fully saturated rings. The molecular formula is C26H25N2O2P. The number of rotatable bonds is 6. The second-order valence-corrected chi connectivity index (χ2v) is 9.84. The fraction of sp³-hybridized carbons (Fsp3) is 0.115. The van der Waals surface area contributed by atoms with Crippen LogP contribution in [0.1, 0.15) is 42.0 Å². The van der Waals surface area contributed by atoms with Crippen LogP contribution in [-0.2, 0) is 9.30 Å². The third-order valence-electron chi connectivity index (χ3n) is 4.99. The summed E-state index contributed by atoms with van der Waals surface area (Å²) in [4.78, 5) is 0. The van der Waals surface area contributed by atoms with Gasteiger partial charge in [-0.05, 0) is 17.0 Å². The first kappa shape index (κ1) is 20.9. The van der Waals surface area contributed by atoms with E-state index in [2.05, 4.69) is 36.3 Å². The molecule has 4 rings (SSSR count). The summed E-state index contributed by atoms with van der Waals surface area (Å²) >= 11 is 0. The van der Waals surface area contributed by atoms with Crippen LogP contribution in [0.2, 0.25) is 0 Å². The second-order valence-electron chi connectivity index (χ2n) is 7.71. The molecular weight excluding hydrogens is 403 g/mol. The van der Waals surface area contributed by atoms with Gasteiger partial charge in [-0.2, -0.15) is 5.10 Å². The van der Waals surface area contributed by atoms with Crippen molar-refractivity contribution < 1.29 is 9.30 Å². The van der Waals surface area contributed by atoms with Crippen molar-refractivity contribution in [2.75, 3.05) is 0 Å². The van der Waals surface area contributed by atoms with E-state index in [0.717, 1.165) is 16.7 Å². The van der Waals surface area contributed by atoms with Gasteiger partial charge in [0.05, 0.1) is 6.21 Å². The normalized spacial score (nSPS) is 15.3. The zero-order valence-corrected chi connectivity index (χ0v) is 18.5. The standard InChI is InChI=1S/C26H25N2O2P/c1-20(2)22-15-13-21(14-16-22)17-27-28-31(29)18-25(23-9-5-3-6-10-23)30-26(19-31)24-11-7-4-8-12-24/h3-20H,1-2H3,(H,28,29)/b27-17-. The Morgan fingerprint density at radius 1 is 0.806 bits per heavy atom. The highest BCUT2D eigenvalue weighted by Gasteiger charge is 2.26. The van der Waals surface area contributed by atoms with Crippen molar-refractivity contribution >= 4 is 25.0 Å². The van der Waals surface area contributed by atoms with Gasteiger partial charge >= 0.3 is 0 Å². The molecule has 0 saturated carbocycles. The topological polar surface area (TPSA) is 50.7 Å². The Bertz CT molecular complexity index is 1110. The van der Waals surface area contributed by atoms with Crippen LogP contribution < -0.4 is 5.20 Å². The molecule has 1 heterocycles. The molecule has 0 amide bonds. The monoisotopic (exact) mass is 428 g/mol. The molecule has 3 aromatic rings. The maximum Gasteiger partial charge on any atom is 0.235 e. The van der Waals surface area contributed by atoms with Crippen LogP contribution >= 0.6 is 7.29 Å². The average Bonchev–Trinajstić information content (AvgIpc) is 2.80. The van der Waals surface area contributed by atoms with Gasteiger partial charge in [-0.1, -0.05) is 98.8 Å². The molecule has 0 atom stereocenters. The van der Waals surface area contributed by atoms with E-state index in [1.165, 1.54) is 5.56 Å². The van der Waals surface area contributed by atoms with Gasteiger partial charge in [-0.25, -0.2) is 0 Å². The Labute approximate surface area is 183 Å². The predicted molar refractivity (Wildman–Crippen MR) is 129 cm³/mol. The molecule has 1 aliphatic heterocycles. The molecule has 5 heteroatoms. The molecule has 4 nitrogen and oxygen atoms in total. The Morgan fingerprint density at radius 2 is 1.32 bits per heavy atom. The Kier molecular flexibility index (Phi) is 6.20. The Morgan fingerprint density at radius 3 is 1.81 bits per heavy atom. The molecule has 0 aliphatic carbocycles. The van der Waals surface area contributed by atoms with E-state index >= 15 is 0 Å². The number of hydrazone groups is 1. The molecule has 0 aromatic heterocycles. The lowest BCUT2D eigenvalue weighted by atomic mass is 10.0. The number of ether oxygens (including phenoxy) is 1. The lowest BCUT2D eigenvalue weighted by Gasteiger charge is -2.22. The van der Waals surface area contributed by atoms with Gasteiger partial charge in [0.2, 0.25) is 7.29 Å². The number of nitrogens with zero attached hydrogens (tertiary/aromatic N) is 1. The minimum Gasteiger partial charge on any atom is -0.456 e. The quantitative estimate of drug-likeness (QED) is 0.260. The lowest BCUT2D eigenvalue weighted by Crippen LogP contribution is -2.06. The van der Waals surface area contributed by atoms with Gasteiger partial charge in [-0.3, -0.25) is 9.76 Å². The van der Waals surface area contributed by atoms with E-state index in [1.54, 1.807) is 17.8 Å². The fourth-order valence-electron chi connectivity index (χ4n) is 3.25. The molecule has 1 N–H and O–H groups in total. The molecule has 0 bridgehead atoms. The molecule has 0 radical (unpaired) electrons. The van der Waals surface area contributed by atoms with Crippen LogP contribution in [0.15, 0.2) is 102 Å². The summed E-state index contributed by atoms with van der Waals surface area (Å²) in [5.74, 6) is 4.84. The number of benzene rings is 3. The summed E-state index contributed by atoms with van der Waals surface area (Å²) in [5, 5.41) is 7.16. The van der Waals surface area contributed by atoms with Gasteiger partial charge in [0.1, 0.15) is 11.5 Å². The van der Waals surface area contributed by atoms with Crippen LogP contribution in [0.5, 0.6) is 0 Å². The zero-order valence-electron chi connectivity index (χ0n) is 17.6. The van der Waals surface area contributed by atoms with Crippen molar-refractivity contribution in [3.8, 4) is 0 Å². The van der Waals surface area contributed by atoms with Gasteiger partial charge in [-0.15, -0.1) is 0 Å². The van der Waals surface area contributed by atoms with Crippen molar-refractivity contribution in [3.05, 3.63) is 119 Å². The maximum absolute atomic E-state index is 13.7. The van der Waals surface area contributed by atoms with Crippen LogP contribution in [0.3, 0.4) is 0 Å². The van der Waals surface area contributed by atoms with Gasteiger partial charge in [0.15, 0.2) is 0 Å². The first-order valence-corrected chi connectivity index (χ1v) is 12.1. The molecule has 1 aliphatic rings. The third-order valence-corrected chi connectivity index (χ3v) is 6.65. The first-order chi connectivity index (χ1) is 15.0. The predicted octanol–water partition coefficient (Wildman–Crippen LogP) is 7.04. The summed E-state index contributed by atoms with van der Waals surface area (Å²) in [6.07, 6.45) is 1.69. The van der Waals surface area contributed by atoms with Gasteiger partial charge < -0.3 is 4.74 Å². The van der Waals surface area contributed by atoms with E-state index < -0.39 is 7.29 Å². The van der Waals surface area contributed by atoms with E-state index in [0.29, 0.717) is 17.4 Å². The van der Waals surface area contributed by atoms with E-state index in [9.17, 15) is 4.57 Å². The highest BCUT2D eigenvalue weighted by atomic mass is 31.2. The van der Waals surface area contributed by atoms with E-state index in [4.69, 9.17) is 4.74 Å². The minimum atomic E-state index is -3.12. The van der Waals surface area contributed by atoms with Crippen molar-refractivity contribution in [2.45, 2.75) is 19.8 Å². The van der Waals surface area contributed by atoms with Crippen molar-refractivity contribution in [2.24, 2.45) is 5.10 Å². The average molecular weight is 428 g/mol. The molecule has 156 valence electrons. The first-order valence-electron chi connectivity index (χ1n) is 10.3. The maximum atomic E-state index is 13.7. The smallest absolute Gasteiger partial charge is 0.235 e. The summed E-state index contributed by atoms with van der Waals surface area (Å²) in [5.41, 5.74) is 3.93. The third kappa shape index (κ3) is 5.22. The van der Waals surface area contributed by atoms with Gasteiger partial charge in [0, 0.05) is 22.8 Å². The van der Waals surface area contributed by atoms with Gasteiger partial charge in [0.25, 0.3) is 0 Å². The number of nitrogens with one attached hydrogen (secondary N) is 1. The largest absolute Gasteiger partial charge is 0.456 e. The number of hydrogen-bond acceptors (Lipinski definition) is 3. The highest BCUT2D eigenvalue weighted by Crippen LogP contribution is 2.53. The summed E-state index contributed by atoms with van der Waals surface area (Å²) in [7, 11) is -3.12. The van der Waals surface area contributed by atoms with Crippen molar-refractivity contribution in [3.63, 3.8) is 0 Å². The Hall–Kier alpha value is -3.36. The zero-order chi connectivity index (χ0) is 21.7. The molecule has 0 saturated heterocycles. The van der Waals surface area contributed by atoms with Crippen LogP contribution in [0.4, 0.5) is 0 Å². The summed E-state index contributed by atoms with van der Waals surface area (Å²) in [6, 6.07) is 27.5. The minimum absolute atomic E-state index is 0.477. The SMILES string of the molecule is CC(C)c1ccc(/C=N\NP2(=O)C=C(c3ccccc3)OC(c3ccccc3)=C2)cc1. The summed E-state index contributed by atoms with van der Waals surface area (Å²) < 4.78 is 19.8. The summed E-state index contributed by atoms with van der Waals surface area (Å²) in [6.45, 7) is 4.32. The molecule has 0 unspecified atom stereocenters. The highest BCUT2D eigenvalue weighted by molar-refractivity contribution is 7.68. The fourth-order valence-corrected chi connectivity index (χ4v) is 4.78.